The number of sulfonamides is 1. The maximum atomic E-state index is 15.3. The summed E-state index contributed by atoms with van der Waals surface area (Å²) in [5.41, 5.74) is -0.0255. The lowest BCUT2D eigenvalue weighted by molar-refractivity contribution is -0.119. The summed E-state index contributed by atoms with van der Waals surface area (Å²) >= 11 is 0. The van der Waals surface area contributed by atoms with E-state index in [0.717, 1.165) is 12.1 Å². The van der Waals surface area contributed by atoms with Crippen LogP contribution in [0.1, 0.15) is 47.6 Å². The number of nitrogens with one attached hydrogen (secondary N) is 2. The molecule has 35 heavy (non-hydrogen) atoms. The van der Waals surface area contributed by atoms with Gasteiger partial charge in [0, 0.05) is 43.2 Å². The average molecular weight is 506 g/mol. The lowest BCUT2D eigenvalue weighted by Crippen LogP contribution is -2.60. The zero-order valence-corrected chi connectivity index (χ0v) is 20.1. The van der Waals surface area contributed by atoms with Crippen LogP contribution in [-0.4, -0.2) is 51.0 Å². The number of amides is 1. The van der Waals surface area contributed by atoms with Crippen LogP contribution >= 0.6 is 0 Å². The molecule has 3 aliphatic heterocycles. The number of hydrogen-bond donors (Lipinski definition) is 2. The monoisotopic (exact) mass is 505 g/mol. The molecule has 7 nitrogen and oxygen atoms in total. The highest BCUT2D eigenvalue weighted by molar-refractivity contribution is 7.89. The molecule has 2 aromatic rings. The number of hydrogen-bond acceptors (Lipinski definition) is 5. The molecule has 188 valence electrons. The summed E-state index contributed by atoms with van der Waals surface area (Å²) in [4.78, 5) is 11.5. The molecule has 3 aliphatic rings. The summed E-state index contributed by atoms with van der Waals surface area (Å²) in [5, 5.41) is 5.43. The fourth-order valence-corrected chi connectivity index (χ4v) is 7.19. The Labute approximate surface area is 203 Å². The second-order valence-electron chi connectivity index (χ2n) is 9.60. The van der Waals surface area contributed by atoms with E-state index in [-0.39, 0.29) is 49.4 Å². The summed E-state index contributed by atoms with van der Waals surface area (Å²) in [6.45, 7) is 0.830. The van der Waals surface area contributed by atoms with Crippen molar-refractivity contribution in [2.75, 3.05) is 26.3 Å². The molecule has 0 unspecified atom stereocenters. The van der Waals surface area contributed by atoms with Crippen LogP contribution in [0.4, 0.5) is 8.78 Å². The Hall–Kier alpha value is -2.40. The van der Waals surface area contributed by atoms with Crippen LogP contribution in [0.15, 0.2) is 42.5 Å². The molecule has 0 saturated carbocycles. The highest BCUT2D eigenvalue weighted by Gasteiger charge is 2.44. The van der Waals surface area contributed by atoms with Gasteiger partial charge in [0.25, 0.3) is 0 Å². The predicted octanol–water partition coefficient (Wildman–Crippen LogP) is 2.73. The number of carbonyl (C=O) groups excluding carboxylic acids is 1. The summed E-state index contributed by atoms with van der Waals surface area (Å²) in [6.07, 6.45) is 2.28. The SMILES string of the molecule is O=C1CC[C@@H](CNC2(c3cc(F)c(CN4CCC[C@H](c5ccccc5)S4(=O)=O)cc3F)COC2)N1. The minimum atomic E-state index is -3.72. The van der Waals surface area contributed by atoms with E-state index in [1.807, 2.05) is 6.07 Å². The second-order valence-corrected chi connectivity index (χ2v) is 11.7. The Kier molecular flexibility index (Phi) is 6.65. The molecule has 3 fully saturated rings. The fraction of sp³-hybridized carbons (Fsp3) is 0.480. The third-order valence-corrected chi connectivity index (χ3v) is 9.49. The quantitative estimate of drug-likeness (QED) is 0.604. The first-order chi connectivity index (χ1) is 16.8. The van der Waals surface area contributed by atoms with Gasteiger partial charge in [-0.2, -0.15) is 4.31 Å². The topological polar surface area (TPSA) is 87.7 Å². The molecule has 0 radical (unpaired) electrons. The zero-order chi connectivity index (χ0) is 24.6. The number of rotatable bonds is 7. The lowest BCUT2D eigenvalue weighted by Gasteiger charge is -2.43. The van der Waals surface area contributed by atoms with Gasteiger partial charge in [-0.25, -0.2) is 17.2 Å². The number of benzene rings is 2. The fourth-order valence-electron chi connectivity index (χ4n) is 5.16. The summed E-state index contributed by atoms with van der Waals surface area (Å²) in [5.74, 6) is -1.28. The number of ether oxygens (including phenoxy) is 1. The van der Waals surface area contributed by atoms with Gasteiger partial charge in [0.1, 0.15) is 16.9 Å². The third-order valence-electron chi connectivity index (χ3n) is 7.23. The highest BCUT2D eigenvalue weighted by Crippen LogP contribution is 2.37. The maximum absolute atomic E-state index is 15.3. The van der Waals surface area contributed by atoms with Gasteiger partial charge in [0.2, 0.25) is 15.9 Å². The summed E-state index contributed by atoms with van der Waals surface area (Å²) in [6, 6.07) is 11.2. The van der Waals surface area contributed by atoms with Crippen molar-refractivity contribution in [2.24, 2.45) is 0 Å². The van der Waals surface area contributed by atoms with E-state index in [4.69, 9.17) is 4.74 Å². The van der Waals surface area contributed by atoms with Crippen LogP contribution in [0.5, 0.6) is 0 Å². The molecular formula is C25H29F2N3O4S. The van der Waals surface area contributed by atoms with E-state index in [0.29, 0.717) is 37.8 Å². The Balaban J connectivity index is 1.34. The van der Waals surface area contributed by atoms with Crippen LogP contribution in [0.25, 0.3) is 0 Å². The Morgan fingerprint density at radius 1 is 1.11 bits per heavy atom. The van der Waals surface area contributed by atoms with Crippen LogP contribution < -0.4 is 10.6 Å². The van der Waals surface area contributed by atoms with Crippen molar-refractivity contribution >= 4 is 15.9 Å². The van der Waals surface area contributed by atoms with Gasteiger partial charge >= 0.3 is 0 Å². The van der Waals surface area contributed by atoms with Crippen LogP contribution in [-0.2, 0) is 31.6 Å². The van der Waals surface area contributed by atoms with Crippen molar-refractivity contribution < 1.29 is 26.7 Å². The first-order valence-electron chi connectivity index (χ1n) is 11.9. The Morgan fingerprint density at radius 3 is 2.54 bits per heavy atom. The minimum Gasteiger partial charge on any atom is -0.377 e. The van der Waals surface area contributed by atoms with Gasteiger partial charge in [-0.05, 0) is 37.0 Å². The van der Waals surface area contributed by atoms with E-state index in [1.165, 1.54) is 4.31 Å². The van der Waals surface area contributed by atoms with Crippen molar-refractivity contribution in [3.05, 3.63) is 70.8 Å². The molecule has 2 N–H and O–H groups in total. The Bertz CT molecular complexity index is 1200. The van der Waals surface area contributed by atoms with Crippen molar-refractivity contribution in [3.8, 4) is 0 Å². The van der Waals surface area contributed by atoms with Crippen molar-refractivity contribution in [1.82, 2.24) is 14.9 Å². The van der Waals surface area contributed by atoms with Crippen LogP contribution in [0, 0.1) is 11.6 Å². The van der Waals surface area contributed by atoms with Crippen LogP contribution in [0.3, 0.4) is 0 Å². The minimum absolute atomic E-state index is 0.00184. The van der Waals surface area contributed by atoms with Gasteiger partial charge < -0.3 is 15.4 Å². The zero-order valence-electron chi connectivity index (χ0n) is 19.3. The average Bonchev–Trinajstić information content (AvgIpc) is 3.22. The van der Waals surface area contributed by atoms with Gasteiger partial charge in [-0.15, -0.1) is 0 Å². The van der Waals surface area contributed by atoms with Gasteiger partial charge in [0.05, 0.1) is 18.8 Å². The molecule has 3 saturated heterocycles. The smallest absolute Gasteiger partial charge is 0.221 e. The van der Waals surface area contributed by atoms with E-state index in [1.54, 1.807) is 24.3 Å². The second kappa shape index (κ2) is 9.57. The molecule has 2 atom stereocenters. The molecule has 10 heteroatoms. The number of halogens is 2. The van der Waals surface area contributed by atoms with Gasteiger partial charge in [0.15, 0.2) is 0 Å². The molecule has 0 aromatic heterocycles. The lowest BCUT2D eigenvalue weighted by atomic mass is 9.86. The van der Waals surface area contributed by atoms with E-state index in [2.05, 4.69) is 10.6 Å². The van der Waals surface area contributed by atoms with Crippen molar-refractivity contribution in [3.63, 3.8) is 0 Å². The molecule has 1 amide bonds. The largest absolute Gasteiger partial charge is 0.377 e. The standard InChI is InChI=1S/C25H29F2N3O4S/c26-21-12-20(25(15-34-16-25)28-13-19-8-9-24(31)29-19)22(27)11-18(21)14-30-10-4-7-23(35(30,32)33)17-5-2-1-3-6-17/h1-3,5-6,11-12,19,23,28H,4,7-10,13-16H2,(H,29,31)/t19-,23+/m0/s1. The first-order valence-corrected chi connectivity index (χ1v) is 13.4. The molecule has 0 bridgehead atoms. The number of carbonyl (C=O) groups is 1. The molecular weight excluding hydrogens is 476 g/mol. The first kappa shape index (κ1) is 24.3. The normalized spacial score (nSPS) is 25.7. The van der Waals surface area contributed by atoms with E-state index < -0.39 is 32.4 Å². The molecule has 3 heterocycles. The van der Waals surface area contributed by atoms with Crippen molar-refractivity contribution in [1.29, 1.82) is 0 Å². The maximum Gasteiger partial charge on any atom is 0.221 e. The van der Waals surface area contributed by atoms with Crippen LogP contribution in [0.2, 0.25) is 0 Å². The summed E-state index contributed by atoms with van der Waals surface area (Å²) < 4.78 is 63.7. The molecule has 0 aliphatic carbocycles. The predicted molar refractivity (Wildman–Crippen MR) is 126 cm³/mol. The molecule has 5 rings (SSSR count). The molecule has 2 aromatic carbocycles. The number of nitrogens with zero attached hydrogens (tertiary/aromatic N) is 1. The third kappa shape index (κ3) is 4.72. The van der Waals surface area contributed by atoms with Crippen molar-refractivity contribution in [2.45, 2.75) is 49.1 Å². The van der Waals surface area contributed by atoms with E-state index >= 15 is 8.78 Å². The summed E-state index contributed by atoms with van der Waals surface area (Å²) in [7, 11) is -3.72. The van der Waals surface area contributed by atoms with Gasteiger partial charge in [-0.3, -0.25) is 4.79 Å². The molecule has 0 spiro atoms. The Morgan fingerprint density at radius 2 is 1.89 bits per heavy atom. The van der Waals surface area contributed by atoms with Gasteiger partial charge in [-0.1, -0.05) is 30.3 Å². The van der Waals surface area contributed by atoms with E-state index in [9.17, 15) is 13.2 Å². The highest BCUT2D eigenvalue weighted by atomic mass is 32.2.